The Hall–Kier alpha value is -3.42. The average molecular weight is 401 g/mol. The summed E-state index contributed by atoms with van der Waals surface area (Å²) < 4.78 is 15.2. The molecule has 1 aromatic heterocycles. The highest BCUT2D eigenvalue weighted by Crippen LogP contribution is 2.20. The fraction of sp³-hybridized carbons (Fsp3) is 0.333. The number of aromatic amines is 1. The van der Waals surface area contributed by atoms with Crippen LogP contribution in [0.4, 0.5) is 0 Å². The highest BCUT2D eigenvalue weighted by atomic mass is 16.6. The second-order valence-electron chi connectivity index (χ2n) is 6.30. The molecular formula is C21H23NO7. The maximum atomic E-state index is 12.5. The van der Waals surface area contributed by atoms with Crippen molar-refractivity contribution in [3.8, 4) is 5.75 Å². The van der Waals surface area contributed by atoms with Gasteiger partial charge in [-0.1, -0.05) is 0 Å². The van der Waals surface area contributed by atoms with Gasteiger partial charge in [-0.15, -0.1) is 0 Å². The number of carbonyl (C=O) groups excluding carboxylic acids is 4. The predicted octanol–water partition coefficient (Wildman–Crippen LogP) is 2.82. The quantitative estimate of drug-likeness (QED) is 0.508. The molecule has 0 amide bonds. The van der Waals surface area contributed by atoms with Crippen LogP contribution in [0.2, 0.25) is 0 Å². The van der Waals surface area contributed by atoms with Gasteiger partial charge in [0.1, 0.15) is 5.75 Å². The van der Waals surface area contributed by atoms with Gasteiger partial charge in [-0.05, 0) is 52.0 Å². The summed E-state index contributed by atoms with van der Waals surface area (Å²) >= 11 is 0. The van der Waals surface area contributed by atoms with Crippen LogP contribution in [0.15, 0.2) is 24.3 Å². The van der Waals surface area contributed by atoms with E-state index in [0.717, 1.165) is 0 Å². The SMILES string of the molecule is CCOC(=O)c1c(C)[nH]c(C)c1C(=O)COC(=O)COc1ccc(C(C)=O)cc1. The third kappa shape index (κ3) is 5.54. The Bertz CT molecular complexity index is 925. The third-order valence-corrected chi connectivity index (χ3v) is 4.12. The Morgan fingerprint density at radius 3 is 2.10 bits per heavy atom. The summed E-state index contributed by atoms with van der Waals surface area (Å²) in [6, 6.07) is 6.29. The molecule has 0 fully saturated rings. The highest BCUT2D eigenvalue weighted by Gasteiger charge is 2.26. The molecule has 0 bridgehead atoms. The smallest absolute Gasteiger partial charge is 0.344 e. The number of ketones is 2. The van der Waals surface area contributed by atoms with Crippen molar-refractivity contribution in [1.82, 2.24) is 4.98 Å². The molecule has 2 rings (SSSR count). The summed E-state index contributed by atoms with van der Waals surface area (Å²) in [7, 11) is 0. The molecule has 0 atom stereocenters. The van der Waals surface area contributed by atoms with Crippen molar-refractivity contribution in [3.63, 3.8) is 0 Å². The lowest BCUT2D eigenvalue weighted by atomic mass is 10.1. The molecule has 2 aromatic rings. The van der Waals surface area contributed by atoms with E-state index in [1.54, 1.807) is 45.0 Å². The zero-order chi connectivity index (χ0) is 21.6. The van der Waals surface area contributed by atoms with Gasteiger partial charge in [0.15, 0.2) is 19.0 Å². The normalized spacial score (nSPS) is 10.3. The van der Waals surface area contributed by atoms with Crippen molar-refractivity contribution >= 4 is 23.5 Å². The standard InChI is InChI=1S/C21H23NO7/c1-5-27-21(26)20-13(3)22-12(2)19(20)17(24)10-29-18(25)11-28-16-8-6-15(7-9-16)14(4)23/h6-9,22H,5,10-11H2,1-4H3. The van der Waals surface area contributed by atoms with Crippen LogP contribution < -0.4 is 4.74 Å². The van der Waals surface area contributed by atoms with Crippen molar-refractivity contribution in [3.05, 3.63) is 52.3 Å². The zero-order valence-electron chi connectivity index (χ0n) is 16.8. The second kappa shape index (κ2) is 9.68. The Labute approximate surface area is 168 Å². The number of aryl methyl sites for hydroxylation is 2. The van der Waals surface area contributed by atoms with Crippen LogP contribution in [-0.4, -0.2) is 48.3 Å². The van der Waals surface area contributed by atoms with Crippen molar-refractivity contribution in [1.29, 1.82) is 0 Å². The first-order valence-corrected chi connectivity index (χ1v) is 9.03. The van der Waals surface area contributed by atoms with E-state index in [2.05, 4.69) is 4.98 Å². The summed E-state index contributed by atoms with van der Waals surface area (Å²) in [4.78, 5) is 50.7. The molecule has 29 heavy (non-hydrogen) atoms. The van der Waals surface area contributed by atoms with E-state index in [9.17, 15) is 19.2 Å². The number of hydrogen-bond donors (Lipinski definition) is 1. The molecule has 1 N–H and O–H groups in total. The molecule has 154 valence electrons. The van der Waals surface area contributed by atoms with Crippen LogP contribution >= 0.6 is 0 Å². The first-order valence-electron chi connectivity index (χ1n) is 9.03. The third-order valence-electron chi connectivity index (χ3n) is 4.12. The maximum Gasteiger partial charge on any atom is 0.344 e. The highest BCUT2D eigenvalue weighted by molar-refractivity contribution is 6.09. The monoisotopic (exact) mass is 401 g/mol. The number of benzene rings is 1. The molecule has 0 aliphatic rings. The molecule has 8 nitrogen and oxygen atoms in total. The molecule has 0 saturated heterocycles. The van der Waals surface area contributed by atoms with Gasteiger partial charge in [-0.25, -0.2) is 9.59 Å². The maximum absolute atomic E-state index is 12.5. The lowest BCUT2D eigenvalue weighted by molar-refractivity contribution is -0.144. The van der Waals surface area contributed by atoms with Crippen LogP contribution in [-0.2, 0) is 14.3 Å². The van der Waals surface area contributed by atoms with E-state index < -0.39 is 30.9 Å². The van der Waals surface area contributed by atoms with Crippen molar-refractivity contribution in [2.24, 2.45) is 0 Å². The fourth-order valence-corrected chi connectivity index (χ4v) is 2.78. The van der Waals surface area contributed by atoms with Gasteiger partial charge in [0, 0.05) is 17.0 Å². The minimum Gasteiger partial charge on any atom is -0.482 e. The van der Waals surface area contributed by atoms with Crippen molar-refractivity contribution in [2.45, 2.75) is 27.7 Å². The topological polar surface area (TPSA) is 112 Å². The van der Waals surface area contributed by atoms with E-state index in [-0.39, 0.29) is 23.5 Å². The van der Waals surface area contributed by atoms with E-state index in [4.69, 9.17) is 14.2 Å². The first-order chi connectivity index (χ1) is 13.7. The van der Waals surface area contributed by atoms with Gasteiger partial charge >= 0.3 is 11.9 Å². The van der Waals surface area contributed by atoms with E-state index in [0.29, 0.717) is 22.7 Å². The molecule has 1 heterocycles. The predicted molar refractivity (Wildman–Crippen MR) is 103 cm³/mol. The van der Waals surface area contributed by atoms with E-state index in [1.165, 1.54) is 6.92 Å². The van der Waals surface area contributed by atoms with Crippen LogP contribution in [0.3, 0.4) is 0 Å². The molecule has 0 spiro atoms. The first kappa shape index (κ1) is 21.9. The van der Waals surface area contributed by atoms with Gasteiger partial charge in [-0.3, -0.25) is 9.59 Å². The number of aromatic nitrogens is 1. The second-order valence-corrected chi connectivity index (χ2v) is 6.30. The van der Waals surface area contributed by atoms with Crippen molar-refractivity contribution in [2.75, 3.05) is 19.8 Å². The van der Waals surface area contributed by atoms with Gasteiger partial charge < -0.3 is 19.2 Å². The number of carbonyl (C=O) groups is 4. The van der Waals surface area contributed by atoms with E-state index >= 15 is 0 Å². The van der Waals surface area contributed by atoms with Crippen LogP contribution in [0, 0.1) is 13.8 Å². The van der Waals surface area contributed by atoms with Gasteiger partial charge in [0.05, 0.1) is 17.7 Å². The molecule has 1 aromatic carbocycles. The van der Waals surface area contributed by atoms with Crippen LogP contribution in [0.5, 0.6) is 5.75 Å². The Kier molecular flexibility index (Phi) is 7.30. The Balaban J connectivity index is 1.94. The molecule has 0 radical (unpaired) electrons. The van der Waals surface area contributed by atoms with Gasteiger partial charge in [0.2, 0.25) is 5.78 Å². The van der Waals surface area contributed by atoms with E-state index in [1.807, 2.05) is 0 Å². The van der Waals surface area contributed by atoms with Gasteiger partial charge in [0.25, 0.3) is 0 Å². The number of esters is 2. The summed E-state index contributed by atoms with van der Waals surface area (Å²) in [5.74, 6) is -1.56. The molecule has 8 heteroatoms. The number of Topliss-reactive ketones (excluding diaryl/α,β-unsaturated/α-hetero) is 2. The zero-order valence-corrected chi connectivity index (χ0v) is 16.8. The molecule has 0 saturated carbocycles. The summed E-state index contributed by atoms with van der Waals surface area (Å²) in [6.45, 7) is 5.68. The summed E-state index contributed by atoms with van der Waals surface area (Å²) in [6.07, 6.45) is 0. The Morgan fingerprint density at radius 1 is 0.897 bits per heavy atom. The number of rotatable bonds is 9. The Morgan fingerprint density at radius 2 is 1.52 bits per heavy atom. The minimum absolute atomic E-state index is 0.0769. The number of H-pyrrole nitrogens is 1. The summed E-state index contributed by atoms with van der Waals surface area (Å²) in [5, 5.41) is 0. The summed E-state index contributed by atoms with van der Waals surface area (Å²) in [5.41, 5.74) is 1.82. The number of nitrogens with one attached hydrogen (secondary N) is 1. The van der Waals surface area contributed by atoms with Crippen molar-refractivity contribution < 1.29 is 33.4 Å². The molecule has 0 aliphatic heterocycles. The molecule has 0 aliphatic carbocycles. The fourth-order valence-electron chi connectivity index (χ4n) is 2.78. The largest absolute Gasteiger partial charge is 0.482 e. The minimum atomic E-state index is -0.739. The number of hydrogen-bond acceptors (Lipinski definition) is 7. The van der Waals surface area contributed by atoms with Gasteiger partial charge in [-0.2, -0.15) is 0 Å². The lowest BCUT2D eigenvalue weighted by Crippen LogP contribution is -2.21. The molecule has 0 unspecified atom stereocenters. The van der Waals surface area contributed by atoms with Crippen LogP contribution in [0.25, 0.3) is 0 Å². The number of ether oxygens (including phenoxy) is 3. The lowest BCUT2D eigenvalue weighted by Gasteiger charge is -2.08. The van der Waals surface area contributed by atoms with Crippen LogP contribution in [0.1, 0.15) is 56.3 Å². The molecular weight excluding hydrogens is 378 g/mol. The average Bonchev–Trinajstić information content (AvgIpc) is 2.98.